The van der Waals surface area contributed by atoms with Crippen LogP contribution in [0.25, 0.3) is 0 Å². The highest BCUT2D eigenvalue weighted by Crippen LogP contribution is 2.12. The van der Waals surface area contributed by atoms with E-state index < -0.39 is 22.0 Å². The fourth-order valence-corrected chi connectivity index (χ4v) is 2.74. The van der Waals surface area contributed by atoms with Crippen LogP contribution in [0.4, 0.5) is 0 Å². The van der Waals surface area contributed by atoms with Gasteiger partial charge in [0, 0.05) is 23.2 Å². The highest BCUT2D eigenvalue weighted by Gasteiger charge is 2.28. The van der Waals surface area contributed by atoms with E-state index in [2.05, 4.69) is 9.97 Å². The predicted octanol–water partition coefficient (Wildman–Crippen LogP) is 0.835. The van der Waals surface area contributed by atoms with Crippen LogP contribution in [-0.4, -0.2) is 30.5 Å². The van der Waals surface area contributed by atoms with Crippen molar-refractivity contribution in [3.8, 4) is 0 Å². The van der Waals surface area contributed by atoms with Gasteiger partial charge in [-0.3, -0.25) is 9.00 Å². The minimum atomic E-state index is -1.49. The highest BCUT2D eigenvalue weighted by molar-refractivity contribution is 7.85. The first-order chi connectivity index (χ1) is 7.52. The van der Waals surface area contributed by atoms with Crippen LogP contribution in [0.1, 0.15) is 19.7 Å². The molecule has 16 heavy (non-hydrogen) atoms. The van der Waals surface area contributed by atoms with E-state index in [-0.39, 0.29) is 11.7 Å². The zero-order chi connectivity index (χ0) is 12.1. The van der Waals surface area contributed by atoms with Crippen LogP contribution in [-0.2, 0) is 21.3 Å². The summed E-state index contributed by atoms with van der Waals surface area (Å²) < 4.78 is 11.8. The van der Waals surface area contributed by atoms with Gasteiger partial charge >= 0.3 is 5.97 Å². The second-order valence-electron chi connectivity index (χ2n) is 3.69. The first kappa shape index (κ1) is 12.8. The standard InChI is InChI=1S/C10H14N2O3S/c1-7(2)9(10(13)14)16(15)6-8-11-4-3-5-12-8/h3-5,7,9H,6H2,1-2H3,(H,13,14). The lowest BCUT2D eigenvalue weighted by atomic mass is 10.1. The van der Waals surface area contributed by atoms with Gasteiger partial charge in [0.2, 0.25) is 0 Å². The number of carboxylic acid groups (broad SMARTS) is 1. The molecule has 0 aromatic carbocycles. The van der Waals surface area contributed by atoms with E-state index in [9.17, 15) is 9.00 Å². The first-order valence-electron chi connectivity index (χ1n) is 4.88. The summed E-state index contributed by atoms with van der Waals surface area (Å²) in [5.41, 5.74) is 0. The molecule has 0 fully saturated rings. The van der Waals surface area contributed by atoms with Crippen molar-refractivity contribution in [3.05, 3.63) is 24.3 Å². The van der Waals surface area contributed by atoms with E-state index in [1.807, 2.05) is 0 Å². The minimum absolute atomic E-state index is 0.0794. The average molecular weight is 242 g/mol. The van der Waals surface area contributed by atoms with E-state index >= 15 is 0 Å². The molecule has 88 valence electrons. The Balaban J connectivity index is 2.74. The highest BCUT2D eigenvalue weighted by atomic mass is 32.2. The summed E-state index contributed by atoms with van der Waals surface area (Å²) in [5, 5.41) is 8.09. The van der Waals surface area contributed by atoms with Gasteiger partial charge in [0.1, 0.15) is 11.1 Å². The molecule has 0 aliphatic carbocycles. The topological polar surface area (TPSA) is 80.1 Å². The van der Waals surface area contributed by atoms with Crippen molar-refractivity contribution in [2.45, 2.75) is 24.9 Å². The van der Waals surface area contributed by atoms with Crippen molar-refractivity contribution in [1.82, 2.24) is 9.97 Å². The van der Waals surface area contributed by atoms with Crippen molar-refractivity contribution >= 4 is 16.8 Å². The number of rotatable bonds is 5. The molecule has 1 rings (SSSR count). The van der Waals surface area contributed by atoms with Crippen LogP contribution in [0.5, 0.6) is 0 Å². The van der Waals surface area contributed by atoms with E-state index in [4.69, 9.17) is 5.11 Å². The Hall–Kier alpha value is -1.30. The Morgan fingerprint density at radius 2 is 2.00 bits per heavy atom. The molecular weight excluding hydrogens is 228 g/mol. The van der Waals surface area contributed by atoms with Gasteiger partial charge in [-0.05, 0) is 12.0 Å². The SMILES string of the molecule is CC(C)C(C(=O)O)S(=O)Cc1ncccn1. The van der Waals surface area contributed by atoms with Gasteiger partial charge in [-0.2, -0.15) is 0 Å². The number of aliphatic carboxylic acids is 1. The monoisotopic (exact) mass is 242 g/mol. The molecule has 0 saturated heterocycles. The number of aromatic nitrogens is 2. The van der Waals surface area contributed by atoms with Crippen molar-refractivity contribution in [2.24, 2.45) is 5.92 Å². The molecule has 1 heterocycles. The maximum Gasteiger partial charge on any atom is 0.319 e. The third-order valence-electron chi connectivity index (χ3n) is 2.02. The fourth-order valence-electron chi connectivity index (χ4n) is 1.32. The molecule has 0 bridgehead atoms. The number of carbonyl (C=O) groups is 1. The van der Waals surface area contributed by atoms with E-state index in [1.54, 1.807) is 32.3 Å². The lowest BCUT2D eigenvalue weighted by Gasteiger charge is -2.14. The molecule has 0 spiro atoms. The molecule has 5 nitrogen and oxygen atoms in total. The van der Waals surface area contributed by atoms with E-state index in [1.165, 1.54) is 0 Å². The Morgan fingerprint density at radius 3 is 2.44 bits per heavy atom. The molecule has 1 aromatic rings. The third kappa shape index (κ3) is 3.37. The molecule has 0 aliphatic rings. The number of carboxylic acids is 1. The molecule has 6 heteroatoms. The van der Waals surface area contributed by atoms with Crippen molar-refractivity contribution in [3.63, 3.8) is 0 Å². The van der Waals surface area contributed by atoms with Gasteiger partial charge in [0.25, 0.3) is 0 Å². The molecule has 0 aliphatic heterocycles. The average Bonchev–Trinajstić information content (AvgIpc) is 2.17. The third-order valence-corrected chi connectivity index (χ3v) is 3.88. The van der Waals surface area contributed by atoms with Crippen LogP contribution < -0.4 is 0 Å². The molecule has 2 atom stereocenters. The van der Waals surface area contributed by atoms with Crippen LogP contribution in [0.15, 0.2) is 18.5 Å². The van der Waals surface area contributed by atoms with Crippen molar-refractivity contribution in [1.29, 1.82) is 0 Å². The summed E-state index contributed by atoms with van der Waals surface area (Å²) in [7, 11) is -1.49. The van der Waals surface area contributed by atoms with Crippen LogP contribution in [0.2, 0.25) is 0 Å². The number of hydrogen-bond acceptors (Lipinski definition) is 4. The Labute approximate surface area is 96.4 Å². The fraction of sp³-hybridized carbons (Fsp3) is 0.500. The molecule has 1 N–H and O–H groups in total. The lowest BCUT2D eigenvalue weighted by molar-refractivity contribution is -0.137. The second kappa shape index (κ2) is 5.69. The van der Waals surface area contributed by atoms with E-state index in [0.29, 0.717) is 5.82 Å². The van der Waals surface area contributed by atoms with Gasteiger partial charge in [-0.1, -0.05) is 13.8 Å². The maximum atomic E-state index is 11.8. The molecule has 0 amide bonds. The quantitative estimate of drug-likeness (QED) is 0.827. The Kier molecular flexibility index (Phi) is 4.54. The summed E-state index contributed by atoms with van der Waals surface area (Å²) in [6.07, 6.45) is 3.09. The maximum absolute atomic E-state index is 11.8. The smallest absolute Gasteiger partial charge is 0.319 e. The van der Waals surface area contributed by atoms with Crippen LogP contribution in [0.3, 0.4) is 0 Å². The Morgan fingerprint density at radius 1 is 1.44 bits per heavy atom. The Bertz CT molecular complexity index is 381. The summed E-state index contributed by atoms with van der Waals surface area (Å²) in [4.78, 5) is 18.8. The molecule has 0 radical (unpaired) electrons. The first-order valence-corrected chi connectivity index (χ1v) is 6.26. The van der Waals surface area contributed by atoms with Gasteiger partial charge in [-0.25, -0.2) is 9.97 Å². The van der Waals surface area contributed by atoms with Crippen LogP contribution in [0, 0.1) is 5.92 Å². The summed E-state index contributed by atoms with van der Waals surface area (Å²) in [6, 6.07) is 1.66. The minimum Gasteiger partial charge on any atom is -0.480 e. The zero-order valence-corrected chi connectivity index (χ0v) is 9.98. The van der Waals surface area contributed by atoms with Gasteiger partial charge in [0.05, 0.1) is 5.75 Å². The van der Waals surface area contributed by atoms with Gasteiger partial charge in [-0.15, -0.1) is 0 Å². The molecule has 1 aromatic heterocycles. The zero-order valence-electron chi connectivity index (χ0n) is 9.16. The lowest BCUT2D eigenvalue weighted by Crippen LogP contribution is -2.32. The van der Waals surface area contributed by atoms with Gasteiger partial charge < -0.3 is 5.11 Å². The normalized spacial score (nSPS) is 14.7. The number of nitrogens with zero attached hydrogens (tertiary/aromatic N) is 2. The second-order valence-corrected chi connectivity index (χ2v) is 5.25. The largest absolute Gasteiger partial charge is 0.480 e. The predicted molar refractivity (Wildman–Crippen MR) is 60.1 cm³/mol. The summed E-state index contributed by atoms with van der Waals surface area (Å²) in [6.45, 7) is 3.48. The van der Waals surface area contributed by atoms with E-state index in [0.717, 1.165) is 0 Å². The summed E-state index contributed by atoms with van der Waals surface area (Å²) >= 11 is 0. The van der Waals surface area contributed by atoms with Crippen molar-refractivity contribution < 1.29 is 14.1 Å². The molecule has 2 unspecified atom stereocenters. The summed E-state index contributed by atoms with van der Waals surface area (Å²) in [5.74, 6) is -0.727. The molecule has 0 saturated carbocycles. The van der Waals surface area contributed by atoms with Gasteiger partial charge in [0.15, 0.2) is 0 Å². The molecular formula is C10H14N2O3S. The van der Waals surface area contributed by atoms with Crippen LogP contribution >= 0.6 is 0 Å². The van der Waals surface area contributed by atoms with Crippen molar-refractivity contribution in [2.75, 3.05) is 0 Å². The number of hydrogen-bond donors (Lipinski definition) is 1.